The molecule has 0 bridgehead atoms. The lowest BCUT2D eigenvalue weighted by Gasteiger charge is -2.05. The van der Waals surface area contributed by atoms with E-state index < -0.39 is 5.82 Å². The summed E-state index contributed by atoms with van der Waals surface area (Å²) in [6.45, 7) is 1.71. The molecule has 0 aliphatic heterocycles. The highest BCUT2D eigenvalue weighted by Gasteiger charge is 2.17. The summed E-state index contributed by atoms with van der Waals surface area (Å²) in [7, 11) is 0. The number of hydrogen-bond acceptors (Lipinski definition) is 1. The Morgan fingerprint density at radius 2 is 1.81 bits per heavy atom. The van der Waals surface area contributed by atoms with Crippen LogP contribution in [0.25, 0.3) is 10.9 Å². The molecule has 0 radical (unpaired) electrons. The van der Waals surface area contributed by atoms with Crippen LogP contribution in [0, 0.1) is 18.6 Å². The van der Waals surface area contributed by atoms with Gasteiger partial charge in [-0.25, -0.2) is 8.78 Å². The highest BCUT2D eigenvalue weighted by Crippen LogP contribution is 2.25. The quantitative estimate of drug-likeness (QED) is 0.734. The Morgan fingerprint density at radius 1 is 1.10 bits per heavy atom. The first kappa shape index (κ1) is 13.3. The van der Waals surface area contributed by atoms with Crippen molar-refractivity contribution in [3.8, 4) is 0 Å². The van der Waals surface area contributed by atoms with E-state index in [-0.39, 0.29) is 11.7 Å². The fourth-order valence-electron chi connectivity index (χ4n) is 2.33. The summed E-state index contributed by atoms with van der Waals surface area (Å²) < 4.78 is 26.6. The van der Waals surface area contributed by atoms with E-state index in [2.05, 4.69) is 10.3 Å². The fraction of sp³-hybridized carbons (Fsp3) is 0.0625. The number of aromatic amines is 1. The Labute approximate surface area is 119 Å². The van der Waals surface area contributed by atoms with E-state index in [0.29, 0.717) is 27.8 Å². The zero-order valence-corrected chi connectivity index (χ0v) is 11.2. The molecule has 1 heterocycles. The summed E-state index contributed by atoms with van der Waals surface area (Å²) in [6, 6.07) is 10.0. The SMILES string of the molecule is Cc1[nH]c2c(F)cccc2c1C(=O)Nc1ccc(F)cc1. The average Bonchev–Trinajstić information content (AvgIpc) is 2.79. The molecule has 0 unspecified atom stereocenters. The molecular formula is C16H12F2N2O. The Hall–Kier alpha value is -2.69. The topological polar surface area (TPSA) is 44.9 Å². The van der Waals surface area contributed by atoms with Gasteiger partial charge in [0.15, 0.2) is 0 Å². The minimum absolute atomic E-state index is 0.305. The Balaban J connectivity index is 2.00. The molecule has 3 rings (SSSR count). The smallest absolute Gasteiger partial charge is 0.258 e. The molecule has 106 valence electrons. The Kier molecular flexibility index (Phi) is 3.17. The number of anilines is 1. The van der Waals surface area contributed by atoms with Gasteiger partial charge in [0.05, 0.1) is 11.1 Å². The molecule has 0 fully saturated rings. The van der Waals surface area contributed by atoms with Crippen LogP contribution in [0.2, 0.25) is 0 Å². The number of halogens is 2. The van der Waals surface area contributed by atoms with Crippen LogP contribution in [-0.2, 0) is 0 Å². The van der Waals surface area contributed by atoms with Crippen LogP contribution < -0.4 is 5.32 Å². The molecule has 2 aromatic carbocycles. The van der Waals surface area contributed by atoms with Crippen molar-refractivity contribution in [2.45, 2.75) is 6.92 Å². The molecule has 0 saturated heterocycles. The molecule has 0 aliphatic rings. The second kappa shape index (κ2) is 5.01. The van der Waals surface area contributed by atoms with Gasteiger partial charge in [0.1, 0.15) is 11.6 Å². The van der Waals surface area contributed by atoms with E-state index >= 15 is 0 Å². The Bertz CT molecular complexity index is 822. The third kappa shape index (κ3) is 2.38. The highest BCUT2D eigenvalue weighted by atomic mass is 19.1. The standard InChI is InChI=1S/C16H12F2N2O/c1-9-14(12-3-2-4-13(18)15(12)19-9)16(21)20-11-7-5-10(17)6-8-11/h2-8,19H,1H3,(H,20,21). The minimum Gasteiger partial charge on any atom is -0.356 e. The molecule has 0 atom stereocenters. The number of fused-ring (bicyclic) bond motifs is 1. The fourth-order valence-corrected chi connectivity index (χ4v) is 2.33. The lowest BCUT2D eigenvalue weighted by atomic mass is 10.1. The highest BCUT2D eigenvalue weighted by molar-refractivity contribution is 6.14. The molecule has 3 nitrogen and oxygen atoms in total. The zero-order chi connectivity index (χ0) is 15.0. The predicted molar refractivity (Wildman–Crippen MR) is 77.3 cm³/mol. The van der Waals surface area contributed by atoms with Crippen LogP contribution in [-0.4, -0.2) is 10.9 Å². The van der Waals surface area contributed by atoms with Crippen LogP contribution in [0.15, 0.2) is 42.5 Å². The molecule has 21 heavy (non-hydrogen) atoms. The number of carbonyl (C=O) groups is 1. The van der Waals surface area contributed by atoms with Gasteiger partial charge in [0.25, 0.3) is 5.91 Å². The van der Waals surface area contributed by atoms with Crippen LogP contribution in [0.4, 0.5) is 14.5 Å². The van der Waals surface area contributed by atoms with Gasteiger partial charge in [0, 0.05) is 16.8 Å². The molecule has 1 aromatic heterocycles. The normalized spacial score (nSPS) is 10.8. The van der Waals surface area contributed by atoms with Crippen LogP contribution >= 0.6 is 0 Å². The van der Waals surface area contributed by atoms with E-state index in [1.807, 2.05) is 0 Å². The third-order valence-electron chi connectivity index (χ3n) is 3.30. The average molecular weight is 286 g/mol. The lowest BCUT2D eigenvalue weighted by Crippen LogP contribution is -2.12. The number of hydrogen-bond donors (Lipinski definition) is 2. The number of H-pyrrole nitrogens is 1. The molecule has 2 N–H and O–H groups in total. The molecule has 1 amide bonds. The molecule has 0 aliphatic carbocycles. The van der Waals surface area contributed by atoms with Crippen LogP contribution in [0.3, 0.4) is 0 Å². The van der Waals surface area contributed by atoms with Crippen LogP contribution in [0.1, 0.15) is 16.1 Å². The van der Waals surface area contributed by atoms with Gasteiger partial charge in [-0.05, 0) is 37.3 Å². The maximum atomic E-state index is 13.7. The maximum absolute atomic E-state index is 13.7. The van der Waals surface area contributed by atoms with Crippen molar-refractivity contribution in [1.82, 2.24) is 4.98 Å². The van der Waals surface area contributed by atoms with Crippen LogP contribution in [0.5, 0.6) is 0 Å². The number of para-hydroxylation sites is 1. The first-order chi connectivity index (χ1) is 10.1. The van der Waals surface area contributed by atoms with Crippen molar-refractivity contribution in [2.24, 2.45) is 0 Å². The van der Waals surface area contributed by atoms with E-state index in [1.54, 1.807) is 19.1 Å². The zero-order valence-electron chi connectivity index (χ0n) is 11.2. The summed E-state index contributed by atoms with van der Waals surface area (Å²) in [5.41, 5.74) is 1.74. The summed E-state index contributed by atoms with van der Waals surface area (Å²) >= 11 is 0. The number of amides is 1. The number of carbonyl (C=O) groups excluding carboxylic acids is 1. The number of aryl methyl sites for hydroxylation is 1. The Morgan fingerprint density at radius 3 is 2.52 bits per heavy atom. The maximum Gasteiger partial charge on any atom is 0.258 e. The number of benzene rings is 2. The molecular weight excluding hydrogens is 274 g/mol. The van der Waals surface area contributed by atoms with E-state index in [0.717, 1.165) is 0 Å². The molecule has 5 heteroatoms. The summed E-state index contributed by atoms with van der Waals surface area (Å²) in [5, 5.41) is 3.20. The number of nitrogens with one attached hydrogen (secondary N) is 2. The van der Waals surface area contributed by atoms with Gasteiger partial charge < -0.3 is 10.3 Å². The van der Waals surface area contributed by atoms with E-state index in [1.165, 1.54) is 30.3 Å². The summed E-state index contributed by atoms with van der Waals surface area (Å²) in [6.07, 6.45) is 0. The number of rotatable bonds is 2. The first-order valence-corrected chi connectivity index (χ1v) is 6.40. The third-order valence-corrected chi connectivity index (χ3v) is 3.30. The van der Waals surface area contributed by atoms with Crippen molar-refractivity contribution in [1.29, 1.82) is 0 Å². The van der Waals surface area contributed by atoms with Crippen molar-refractivity contribution < 1.29 is 13.6 Å². The second-order valence-electron chi connectivity index (χ2n) is 4.75. The van der Waals surface area contributed by atoms with Gasteiger partial charge in [-0.3, -0.25) is 4.79 Å². The van der Waals surface area contributed by atoms with Gasteiger partial charge in [-0.2, -0.15) is 0 Å². The largest absolute Gasteiger partial charge is 0.356 e. The minimum atomic E-state index is -0.406. The lowest BCUT2D eigenvalue weighted by molar-refractivity contribution is 0.102. The summed E-state index contributed by atoms with van der Waals surface area (Å²) in [5.74, 6) is -1.15. The monoisotopic (exact) mass is 286 g/mol. The molecule has 0 spiro atoms. The van der Waals surface area contributed by atoms with Gasteiger partial charge in [-0.15, -0.1) is 0 Å². The van der Waals surface area contributed by atoms with Crippen molar-refractivity contribution in [3.63, 3.8) is 0 Å². The van der Waals surface area contributed by atoms with Crippen molar-refractivity contribution in [3.05, 3.63) is 65.4 Å². The van der Waals surface area contributed by atoms with Gasteiger partial charge in [0.2, 0.25) is 0 Å². The van der Waals surface area contributed by atoms with Gasteiger partial charge in [-0.1, -0.05) is 12.1 Å². The van der Waals surface area contributed by atoms with E-state index in [9.17, 15) is 13.6 Å². The predicted octanol–water partition coefficient (Wildman–Crippen LogP) is 4.01. The summed E-state index contributed by atoms with van der Waals surface area (Å²) in [4.78, 5) is 15.2. The van der Waals surface area contributed by atoms with Crippen molar-refractivity contribution >= 4 is 22.5 Å². The van der Waals surface area contributed by atoms with E-state index in [4.69, 9.17) is 0 Å². The second-order valence-corrected chi connectivity index (χ2v) is 4.75. The van der Waals surface area contributed by atoms with Gasteiger partial charge >= 0.3 is 0 Å². The van der Waals surface area contributed by atoms with Crippen molar-refractivity contribution in [2.75, 3.05) is 5.32 Å². The first-order valence-electron chi connectivity index (χ1n) is 6.40. The molecule has 0 saturated carbocycles. The number of aromatic nitrogens is 1. The molecule has 3 aromatic rings.